The lowest BCUT2D eigenvalue weighted by Crippen LogP contribution is -2.45. The number of ketones is 1. The number of Topliss-reactive ketones (excluding diaryl/α,β-unsaturated/α-hetero) is 1. The Morgan fingerprint density at radius 2 is 1.76 bits per heavy atom. The quantitative estimate of drug-likeness (QED) is 0.269. The molecule has 0 amide bonds. The van der Waals surface area contributed by atoms with Gasteiger partial charge in [-0.2, -0.15) is 13.2 Å². The van der Waals surface area contributed by atoms with Crippen LogP contribution in [-0.4, -0.2) is 58.3 Å². The van der Waals surface area contributed by atoms with Crippen LogP contribution in [0.1, 0.15) is 39.5 Å². The average Bonchev–Trinajstić information content (AvgIpc) is 2.86. The number of carbonyl (C=O) groups excluding carboxylic acids is 1. The monoisotopic (exact) mass is 532 g/mol. The van der Waals surface area contributed by atoms with Gasteiger partial charge < -0.3 is 9.64 Å². The van der Waals surface area contributed by atoms with Crippen molar-refractivity contribution in [1.29, 1.82) is 0 Å². The van der Waals surface area contributed by atoms with Gasteiger partial charge in [0, 0.05) is 50.8 Å². The molecule has 0 bridgehead atoms. The van der Waals surface area contributed by atoms with Crippen LogP contribution in [0, 0.1) is 6.92 Å². The highest BCUT2D eigenvalue weighted by Gasteiger charge is 2.34. The number of carbonyl (C=O) groups is 1. The Labute approximate surface area is 219 Å². The number of halogens is 4. The Kier molecular flexibility index (Phi) is 8.46. The Hall–Kier alpha value is -3.01. The van der Waals surface area contributed by atoms with Crippen LogP contribution >= 0.6 is 11.6 Å². The molecule has 0 radical (unpaired) electrons. The number of nitrogens with zero attached hydrogens (tertiary/aromatic N) is 4. The summed E-state index contributed by atoms with van der Waals surface area (Å²) in [7, 11) is 0. The van der Waals surface area contributed by atoms with Gasteiger partial charge in [0.05, 0.1) is 5.56 Å². The maximum Gasteiger partial charge on any atom is 0.416 e. The van der Waals surface area contributed by atoms with Crippen molar-refractivity contribution in [3.05, 3.63) is 81.8 Å². The van der Waals surface area contributed by atoms with Crippen LogP contribution in [0.25, 0.3) is 0 Å². The fraction of sp³-hybridized carbons (Fsp3) is 0.370. The van der Waals surface area contributed by atoms with E-state index in [1.807, 2.05) is 11.8 Å². The first-order chi connectivity index (χ1) is 17.6. The maximum absolute atomic E-state index is 13.9. The van der Waals surface area contributed by atoms with Gasteiger partial charge in [-0.05, 0) is 42.3 Å². The van der Waals surface area contributed by atoms with Crippen LogP contribution in [0.2, 0.25) is 5.15 Å². The molecular formula is C27H28ClF3N4O2. The number of likely N-dealkylation sites (N-methyl/N-ethyl adjacent to an activating group) is 1. The van der Waals surface area contributed by atoms with E-state index in [2.05, 4.69) is 21.8 Å². The first-order valence-electron chi connectivity index (χ1n) is 12.1. The van der Waals surface area contributed by atoms with E-state index in [0.29, 0.717) is 16.9 Å². The molecule has 196 valence electrons. The second kappa shape index (κ2) is 11.6. The largest absolute Gasteiger partial charge is 0.439 e. The Balaban J connectivity index is 1.50. The van der Waals surface area contributed by atoms with Crippen molar-refractivity contribution in [2.24, 2.45) is 0 Å². The highest BCUT2D eigenvalue weighted by molar-refractivity contribution is 6.29. The summed E-state index contributed by atoms with van der Waals surface area (Å²) in [5.41, 5.74) is 0.928. The molecule has 0 atom stereocenters. The van der Waals surface area contributed by atoms with Gasteiger partial charge in [-0.15, -0.1) is 0 Å². The lowest BCUT2D eigenvalue weighted by atomic mass is 9.97. The number of alkyl halides is 3. The molecule has 0 aliphatic carbocycles. The fourth-order valence-corrected chi connectivity index (χ4v) is 4.43. The second-order valence-corrected chi connectivity index (χ2v) is 9.45. The zero-order valence-electron chi connectivity index (χ0n) is 20.7. The minimum Gasteiger partial charge on any atom is -0.439 e. The van der Waals surface area contributed by atoms with E-state index in [1.165, 1.54) is 18.5 Å². The topological polar surface area (TPSA) is 58.6 Å². The molecule has 0 unspecified atom stereocenters. The van der Waals surface area contributed by atoms with Crippen molar-refractivity contribution in [2.45, 2.75) is 33.0 Å². The standard InChI is InChI=1S/C27H28ClF3N4O2/c1-3-34-8-10-35(11-9-34)16-21-7-5-19(12-22(21)27(29,30)31)13-23(36)20-6-4-18(2)24(14-20)37-26-15-25(28)32-17-33-26/h4-7,12,14-15,17H,3,8-11,13,16H2,1-2H3. The summed E-state index contributed by atoms with van der Waals surface area (Å²) in [6.45, 7) is 8.20. The van der Waals surface area contributed by atoms with Crippen molar-refractivity contribution in [3.63, 3.8) is 0 Å². The maximum atomic E-state index is 13.9. The van der Waals surface area contributed by atoms with Crippen LogP contribution in [-0.2, 0) is 19.1 Å². The molecule has 1 aromatic heterocycles. The van der Waals surface area contributed by atoms with E-state index in [4.69, 9.17) is 16.3 Å². The molecular weight excluding hydrogens is 505 g/mol. The molecule has 37 heavy (non-hydrogen) atoms. The van der Waals surface area contributed by atoms with Crippen LogP contribution in [0.15, 0.2) is 48.8 Å². The number of aryl methyl sites for hydroxylation is 1. The summed E-state index contributed by atoms with van der Waals surface area (Å²) >= 11 is 5.88. The smallest absolute Gasteiger partial charge is 0.416 e. The fourth-order valence-electron chi connectivity index (χ4n) is 4.30. The minimum atomic E-state index is -4.51. The van der Waals surface area contributed by atoms with Gasteiger partial charge in [-0.1, -0.05) is 42.8 Å². The number of hydrogen-bond donors (Lipinski definition) is 0. The minimum absolute atomic E-state index is 0.166. The number of rotatable bonds is 8. The van der Waals surface area contributed by atoms with Crippen LogP contribution < -0.4 is 4.74 Å². The molecule has 1 fully saturated rings. The Bertz CT molecular complexity index is 1260. The third-order valence-electron chi connectivity index (χ3n) is 6.48. The normalized spacial score (nSPS) is 15.1. The number of aromatic nitrogens is 2. The molecule has 4 rings (SSSR count). The van der Waals surface area contributed by atoms with Crippen molar-refractivity contribution < 1.29 is 22.7 Å². The van der Waals surface area contributed by atoms with E-state index in [0.717, 1.165) is 44.4 Å². The molecule has 1 aliphatic heterocycles. The zero-order valence-corrected chi connectivity index (χ0v) is 21.4. The van der Waals surface area contributed by atoms with Gasteiger partial charge >= 0.3 is 6.18 Å². The number of benzene rings is 2. The summed E-state index contributed by atoms with van der Waals surface area (Å²) < 4.78 is 47.6. The predicted molar refractivity (Wildman–Crippen MR) is 135 cm³/mol. The molecule has 1 aliphatic rings. The summed E-state index contributed by atoms with van der Waals surface area (Å²) in [5, 5.41) is 0.210. The Morgan fingerprint density at radius 3 is 2.43 bits per heavy atom. The zero-order chi connectivity index (χ0) is 26.6. The molecule has 2 heterocycles. The molecule has 3 aromatic rings. The number of ether oxygens (including phenoxy) is 1. The molecule has 2 aromatic carbocycles. The van der Waals surface area contributed by atoms with Crippen molar-refractivity contribution in [2.75, 3.05) is 32.7 Å². The summed E-state index contributed by atoms with van der Waals surface area (Å²) in [4.78, 5) is 25.1. The molecule has 0 saturated carbocycles. The summed E-state index contributed by atoms with van der Waals surface area (Å²) in [5.74, 6) is 0.298. The van der Waals surface area contributed by atoms with Crippen LogP contribution in [0.4, 0.5) is 13.2 Å². The highest BCUT2D eigenvalue weighted by atomic mass is 35.5. The van der Waals surface area contributed by atoms with Crippen molar-refractivity contribution in [3.8, 4) is 11.6 Å². The van der Waals surface area contributed by atoms with Crippen molar-refractivity contribution in [1.82, 2.24) is 19.8 Å². The summed E-state index contributed by atoms with van der Waals surface area (Å²) in [6, 6.07) is 10.6. The second-order valence-electron chi connectivity index (χ2n) is 9.06. The van der Waals surface area contributed by atoms with Crippen LogP contribution in [0.3, 0.4) is 0 Å². The van der Waals surface area contributed by atoms with Gasteiger partial charge in [-0.25, -0.2) is 9.97 Å². The van der Waals surface area contributed by atoms with Gasteiger partial charge in [0.15, 0.2) is 5.78 Å². The molecule has 0 spiro atoms. The van der Waals surface area contributed by atoms with Crippen molar-refractivity contribution >= 4 is 17.4 Å². The van der Waals surface area contributed by atoms with Gasteiger partial charge in [-0.3, -0.25) is 9.69 Å². The number of piperazine rings is 1. The van der Waals surface area contributed by atoms with Gasteiger partial charge in [0.1, 0.15) is 17.2 Å². The van der Waals surface area contributed by atoms with E-state index < -0.39 is 11.7 Å². The van der Waals surface area contributed by atoms with E-state index >= 15 is 0 Å². The molecule has 1 saturated heterocycles. The predicted octanol–water partition coefficient (Wildman–Crippen LogP) is 5.81. The number of hydrogen-bond acceptors (Lipinski definition) is 6. The molecule has 10 heteroatoms. The summed E-state index contributed by atoms with van der Waals surface area (Å²) in [6.07, 6.45) is -3.42. The lowest BCUT2D eigenvalue weighted by Gasteiger charge is -2.34. The van der Waals surface area contributed by atoms with E-state index in [9.17, 15) is 18.0 Å². The highest BCUT2D eigenvalue weighted by Crippen LogP contribution is 2.34. The molecule has 0 N–H and O–H groups in total. The first kappa shape index (κ1) is 27.0. The van der Waals surface area contributed by atoms with Crippen LogP contribution in [0.5, 0.6) is 11.6 Å². The third kappa shape index (κ3) is 7.06. The SMILES string of the molecule is CCN1CCN(Cc2ccc(CC(=O)c3ccc(C)c(Oc4cc(Cl)ncn4)c3)cc2C(F)(F)F)CC1. The third-order valence-corrected chi connectivity index (χ3v) is 6.69. The van der Waals surface area contributed by atoms with Gasteiger partial charge in [0.2, 0.25) is 5.88 Å². The van der Waals surface area contributed by atoms with Gasteiger partial charge in [0.25, 0.3) is 0 Å². The van der Waals surface area contributed by atoms with E-state index in [-0.39, 0.29) is 35.3 Å². The van der Waals surface area contributed by atoms with E-state index in [1.54, 1.807) is 24.3 Å². The average molecular weight is 533 g/mol. The lowest BCUT2D eigenvalue weighted by molar-refractivity contribution is -0.138. The molecule has 6 nitrogen and oxygen atoms in total. The Morgan fingerprint density at radius 1 is 1.03 bits per heavy atom. The first-order valence-corrected chi connectivity index (χ1v) is 12.4.